The number of aromatic nitrogens is 3. The van der Waals surface area contributed by atoms with Crippen molar-refractivity contribution in [2.45, 2.75) is 26.2 Å². The summed E-state index contributed by atoms with van der Waals surface area (Å²) in [6.07, 6.45) is 1.13. The Bertz CT molecular complexity index is 1250. The van der Waals surface area contributed by atoms with E-state index in [0.29, 0.717) is 11.6 Å². The quantitative estimate of drug-likeness (QED) is 0.505. The van der Waals surface area contributed by atoms with E-state index in [1.807, 2.05) is 32.0 Å². The third-order valence-corrected chi connectivity index (χ3v) is 5.91. The SMILES string of the molecule is Cc1cc(N2CCC(c3ccccc3)C2)c2cc(NC(=O)c3cc(C)[nH]n3)ccc2n1. The fraction of sp³-hybridized carbons (Fsp3) is 0.240. The number of aryl methyl sites for hydroxylation is 2. The summed E-state index contributed by atoms with van der Waals surface area (Å²) in [4.78, 5) is 19.7. The number of hydrogen-bond donors (Lipinski definition) is 2. The minimum Gasteiger partial charge on any atom is -0.370 e. The second-order valence-corrected chi connectivity index (χ2v) is 8.25. The Hall–Kier alpha value is -3.67. The number of anilines is 2. The van der Waals surface area contributed by atoms with Crippen LogP contribution in [0.3, 0.4) is 0 Å². The number of hydrogen-bond acceptors (Lipinski definition) is 4. The molecule has 6 nitrogen and oxygen atoms in total. The van der Waals surface area contributed by atoms with E-state index in [2.05, 4.69) is 56.8 Å². The van der Waals surface area contributed by atoms with E-state index < -0.39 is 0 Å². The number of carbonyl (C=O) groups is 1. The third-order valence-electron chi connectivity index (χ3n) is 5.91. The van der Waals surface area contributed by atoms with E-state index in [1.54, 1.807) is 6.07 Å². The molecule has 1 unspecified atom stereocenters. The Morgan fingerprint density at radius 2 is 1.94 bits per heavy atom. The summed E-state index contributed by atoms with van der Waals surface area (Å²) in [5, 5.41) is 10.9. The van der Waals surface area contributed by atoms with E-state index in [0.717, 1.165) is 47.5 Å². The molecule has 0 radical (unpaired) electrons. The molecule has 156 valence electrons. The highest BCUT2D eigenvalue weighted by Crippen LogP contribution is 2.35. The molecule has 1 aliphatic rings. The van der Waals surface area contributed by atoms with Crippen LogP contribution in [-0.4, -0.2) is 34.2 Å². The van der Waals surface area contributed by atoms with Gasteiger partial charge in [0, 0.05) is 47.2 Å². The first kappa shape index (κ1) is 19.3. The molecule has 6 heteroatoms. The molecule has 2 aromatic heterocycles. The van der Waals surface area contributed by atoms with Crippen molar-refractivity contribution in [1.82, 2.24) is 15.2 Å². The largest absolute Gasteiger partial charge is 0.370 e. The number of pyridine rings is 1. The molecule has 2 aromatic carbocycles. The van der Waals surface area contributed by atoms with Crippen LogP contribution in [0.5, 0.6) is 0 Å². The number of nitrogens with zero attached hydrogens (tertiary/aromatic N) is 3. The Kier molecular flexibility index (Phi) is 4.90. The first-order chi connectivity index (χ1) is 15.1. The first-order valence-electron chi connectivity index (χ1n) is 10.6. The summed E-state index contributed by atoms with van der Waals surface area (Å²) in [6.45, 7) is 5.88. The van der Waals surface area contributed by atoms with Gasteiger partial charge >= 0.3 is 0 Å². The molecule has 2 N–H and O–H groups in total. The molecule has 1 fully saturated rings. The van der Waals surface area contributed by atoms with Gasteiger partial charge in [0.1, 0.15) is 0 Å². The predicted octanol–water partition coefficient (Wildman–Crippen LogP) is 4.82. The summed E-state index contributed by atoms with van der Waals surface area (Å²) in [6, 6.07) is 20.5. The average Bonchev–Trinajstić information content (AvgIpc) is 3.43. The summed E-state index contributed by atoms with van der Waals surface area (Å²) < 4.78 is 0. The van der Waals surface area contributed by atoms with Crippen molar-refractivity contribution >= 4 is 28.2 Å². The minimum absolute atomic E-state index is 0.226. The third kappa shape index (κ3) is 3.89. The number of amides is 1. The van der Waals surface area contributed by atoms with Crippen LogP contribution in [0.15, 0.2) is 60.7 Å². The number of benzene rings is 2. The van der Waals surface area contributed by atoms with Gasteiger partial charge in [0.15, 0.2) is 5.69 Å². The second kappa shape index (κ2) is 7.87. The maximum absolute atomic E-state index is 12.5. The fourth-order valence-corrected chi connectivity index (χ4v) is 4.38. The molecule has 0 aliphatic carbocycles. The molecule has 3 heterocycles. The van der Waals surface area contributed by atoms with Crippen molar-refractivity contribution in [3.05, 3.63) is 83.3 Å². The lowest BCUT2D eigenvalue weighted by molar-refractivity contribution is 0.102. The highest BCUT2D eigenvalue weighted by Gasteiger charge is 2.25. The molecule has 1 atom stereocenters. The smallest absolute Gasteiger partial charge is 0.276 e. The van der Waals surface area contributed by atoms with Crippen LogP contribution in [0.2, 0.25) is 0 Å². The van der Waals surface area contributed by atoms with Crippen molar-refractivity contribution in [1.29, 1.82) is 0 Å². The molecule has 1 amide bonds. The Balaban J connectivity index is 1.45. The standard InChI is InChI=1S/C25H25N5O/c1-16-13-24(30-11-10-19(15-30)18-6-4-3-5-7-18)21-14-20(8-9-22(21)26-16)27-25(31)23-12-17(2)28-29-23/h3-9,12-14,19H,10-11,15H2,1-2H3,(H,27,31)(H,28,29). The zero-order valence-electron chi connectivity index (χ0n) is 17.7. The van der Waals surface area contributed by atoms with Gasteiger partial charge in [0.05, 0.1) is 5.52 Å². The van der Waals surface area contributed by atoms with Gasteiger partial charge in [-0.25, -0.2) is 0 Å². The average molecular weight is 412 g/mol. The van der Waals surface area contributed by atoms with E-state index in [1.165, 1.54) is 11.3 Å². The summed E-state index contributed by atoms with van der Waals surface area (Å²) in [5.41, 5.74) is 6.47. The molecule has 0 spiro atoms. The molecule has 1 saturated heterocycles. The number of aromatic amines is 1. The molecule has 31 heavy (non-hydrogen) atoms. The van der Waals surface area contributed by atoms with Crippen molar-refractivity contribution in [2.24, 2.45) is 0 Å². The lowest BCUT2D eigenvalue weighted by Gasteiger charge is -2.22. The van der Waals surface area contributed by atoms with Crippen LogP contribution < -0.4 is 10.2 Å². The number of nitrogens with one attached hydrogen (secondary N) is 2. The zero-order chi connectivity index (χ0) is 21.4. The number of fused-ring (bicyclic) bond motifs is 1. The van der Waals surface area contributed by atoms with Gasteiger partial charge in [-0.1, -0.05) is 30.3 Å². The van der Waals surface area contributed by atoms with E-state index in [9.17, 15) is 4.79 Å². The van der Waals surface area contributed by atoms with Crippen LogP contribution >= 0.6 is 0 Å². The molecular weight excluding hydrogens is 386 g/mol. The van der Waals surface area contributed by atoms with Gasteiger partial charge in [0.25, 0.3) is 5.91 Å². The van der Waals surface area contributed by atoms with E-state index >= 15 is 0 Å². The lowest BCUT2D eigenvalue weighted by Crippen LogP contribution is -2.20. The zero-order valence-corrected chi connectivity index (χ0v) is 17.7. The summed E-state index contributed by atoms with van der Waals surface area (Å²) >= 11 is 0. The highest BCUT2D eigenvalue weighted by molar-refractivity contribution is 6.04. The van der Waals surface area contributed by atoms with Gasteiger partial charge in [-0.15, -0.1) is 0 Å². The van der Waals surface area contributed by atoms with Gasteiger partial charge in [-0.05, 0) is 56.2 Å². The van der Waals surface area contributed by atoms with Gasteiger partial charge in [0.2, 0.25) is 0 Å². The molecule has 4 aromatic rings. The maximum atomic E-state index is 12.5. The Labute approximate surface area is 181 Å². The first-order valence-corrected chi connectivity index (χ1v) is 10.6. The van der Waals surface area contributed by atoms with Crippen LogP contribution in [0.25, 0.3) is 10.9 Å². The van der Waals surface area contributed by atoms with Crippen LogP contribution in [0.1, 0.15) is 39.8 Å². The van der Waals surface area contributed by atoms with Gasteiger partial charge in [-0.3, -0.25) is 14.9 Å². The van der Waals surface area contributed by atoms with Crippen molar-refractivity contribution in [3.8, 4) is 0 Å². The monoisotopic (exact) mass is 411 g/mol. The van der Waals surface area contributed by atoms with E-state index in [4.69, 9.17) is 4.98 Å². The molecule has 0 bridgehead atoms. The lowest BCUT2D eigenvalue weighted by atomic mass is 9.99. The number of carbonyl (C=O) groups excluding carboxylic acids is 1. The van der Waals surface area contributed by atoms with Crippen LogP contribution in [0.4, 0.5) is 11.4 Å². The van der Waals surface area contributed by atoms with Crippen molar-refractivity contribution in [3.63, 3.8) is 0 Å². The van der Waals surface area contributed by atoms with E-state index in [-0.39, 0.29) is 5.91 Å². The fourth-order valence-electron chi connectivity index (χ4n) is 4.38. The minimum atomic E-state index is -0.226. The summed E-state index contributed by atoms with van der Waals surface area (Å²) in [7, 11) is 0. The summed E-state index contributed by atoms with van der Waals surface area (Å²) in [5.74, 6) is 0.297. The van der Waals surface area contributed by atoms with Crippen molar-refractivity contribution in [2.75, 3.05) is 23.3 Å². The predicted molar refractivity (Wildman–Crippen MR) is 124 cm³/mol. The maximum Gasteiger partial charge on any atom is 0.276 e. The van der Waals surface area contributed by atoms with Crippen LogP contribution in [-0.2, 0) is 0 Å². The molecular formula is C25H25N5O. The Morgan fingerprint density at radius 3 is 2.71 bits per heavy atom. The van der Waals surface area contributed by atoms with Gasteiger partial charge < -0.3 is 10.2 Å². The number of rotatable bonds is 4. The molecule has 1 aliphatic heterocycles. The topological polar surface area (TPSA) is 73.9 Å². The van der Waals surface area contributed by atoms with Gasteiger partial charge in [-0.2, -0.15) is 5.10 Å². The number of H-pyrrole nitrogens is 1. The Morgan fingerprint density at radius 1 is 1.10 bits per heavy atom. The second-order valence-electron chi connectivity index (χ2n) is 8.25. The molecule has 0 saturated carbocycles. The normalized spacial score (nSPS) is 16.1. The highest BCUT2D eigenvalue weighted by atomic mass is 16.1. The van der Waals surface area contributed by atoms with Crippen molar-refractivity contribution < 1.29 is 4.79 Å². The molecule has 5 rings (SSSR count). The van der Waals surface area contributed by atoms with Crippen LogP contribution in [0, 0.1) is 13.8 Å².